The summed E-state index contributed by atoms with van der Waals surface area (Å²) in [5.74, 6) is -0.109. The summed E-state index contributed by atoms with van der Waals surface area (Å²) in [7, 11) is 1.97. The topological polar surface area (TPSA) is 41.6 Å². The predicted octanol–water partition coefficient (Wildman–Crippen LogP) is 0.622. The van der Waals surface area contributed by atoms with Gasteiger partial charge in [0.2, 0.25) is 0 Å². The fourth-order valence-electron chi connectivity index (χ4n) is 1.92. The minimum Gasteiger partial charge on any atom is -0.462 e. The number of nitrogens with zero attached hydrogens (tertiary/aromatic N) is 1. The summed E-state index contributed by atoms with van der Waals surface area (Å²) >= 11 is 0. The molecule has 0 amide bonds. The van der Waals surface area contributed by atoms with Crippen molar-refractivity contribution in [3.05, 3.63) is 0 Å². The third kappa shape index (κ3) is 4.62. The highest BCUT2D eigenvalue weighted by molar-refractivity contribution is 5.71. The number of rotatable bonds is 4. The van der Waals surface area contributed by atoms with Crippen LogP contribution in [0.2, 0.25) is 0 Å². The minimum atomic E-state index is -0.109. The van der Waals surface area contributed by atoms with Crippen LogP contribution in [-0.4, -0.2) is 49.7 Å². The van der Waals surface area contributed by atoms with E-state index in [1.165, 1.54) is 6.42 Å². The van der Waals surface area contributed by atoms with Gasteiger partial charge in [-0.25, -0.2) is 0 Å². The van der Waals surface area contributed by atoms with Crippen LogP contribution in [-0.2, 0) is 9.53 Å². The number of hydrogen-bond acceptors (Lipinski definition) is 4. The van der Waals surface area contributed by atoms with E-state index in [9.17, 15) is 4.79 Å². The van der Waals surface area contributed by atoms with Crippen LogP contribution in [0.15, 0.2) is 0 Å². The molecule has 0 saturated carbocycles. The molecular weight excluding hydrogens is 192 g/mol. The van der Waals surface area contributed by atoms with Crippen LogP contribution in [0.25, 0.3) is 0 Å². The Morgan fingerprint density at radius 3 is 2.93 bits per heavy atom. The van der Waals surface area contributed by atoms with Gasteiger partial charge in [-0.1, -0.05) is 0 Å². The number of esters is 1. The van der Waals surface area contributed by atoms with Crippen molar-refractivity contribution >= 4 is 5.97 Å². The van der Waals surface area contributed by atoms with Crippen LogP contribution in [0.3, 0.4) is 0 Å². The average molecular weight is 214 g/mol. The maximum absolute atomic E-state index is 11.4. The van der Waals surface area contributed by atoms with Crippen molar-refractivity contribution < 1.29 is 9.53 Å². The lowest BCUT2D eigenvalue weighted by Crippen LogP contribution is -2.46. The van der Waals surface area contributed by atoms with Gasteiger partial charge in [-0.2, -0.15) is 0 Å². The lowest BCUT2D eigenvalue weighted by molar-refractivity contribution is -0.149. The van der Waals surface area contributed by atoms with Crippen LogP contribution in [0.4, 0.5) is 0 Å². The number of likely N-dealkylation sites (N-methyl/N-ethyl adjacent to an activating group) is 1. The number of carbonyl (C=O) groups excluding carboxylic acids is 1. The molecule has 4 heteroatoms. The molecule has 88 valence electrons. The van der Waals surface area contributed by atoms with E-state index in [1.54, 1.807) is 0 Å². The van der Waals surface area contributed by atoms with E-state index in [2.05, 4.69) is 10.2 Å². The van der Waals surface area contributed by atoms with Crippen molar-refractivity contribution in [3.63, 3.8) is 0 Å². The number of carbonyl (C=O) groups is 1. The average Bonchev–Trinajstić information content (AvgIpc) is 2.16. The zero-order valence-electron chi connectivity index (χ0n) is 9.95. The first-order valence-corrected chi connectivity index (χ1v) is 5.71. The molecule has 0 bridgehead atoms. The summed E-state index contributed by atoms with van der Waals surface area (Å²) in [5.41, 5.74) is 0. The van der Waals surface area contributed by atoms with E-state index in [0.717, 1.165) is 19.5 Å². The summed E-state index contributed by atoms with van der Waals surface area (Å²) in [5, 5.41) is 3.25. The molecule has 0 aromatic rings. The molecule has 4 nitrogen and oxygen atoms in total. The van der Waals surface area contributed by atoms with Crippen LogP contribution >= 0.6 is 0 Å². The Hall–Kier alpha value is -0.610. The molecular formula is C11H22N2O2. The van der Waals surface area contributed by atoms with Crippen molar-refractivity contribution in [1.82, 2.24) is 10.2 Å². The standard InChI is InChI=1S/C11H22N2O2/c1-9(2)15-11(14)8-13-6-4-5-10(7-13)12-3/h9-10,12H,4-8H2,1-3H3. The first-order valence-electron chi connectivity index (χ1n) is 5.71. The van der Waals surface area contributed by atoms with Gasteiger partial charge in [-0.3, -0.25) is 9.69 Å². The van der Waals surface area contributed by atoms with E-state index in [4.69, 9.17) is 4.74 Å². The molecule has 15 heavy (non-hydrogen) atoms. The minimum absolute atomic E-state index is 0.0117. The molecule has 1 atom stereocenters. The fraction of sp³-hybridized carbons (Fsp3) is 0.909. The Morgan fingerprint density at radius 1 is 1.60 bits per heavy atom. The fourth-order valence-corrected chi connectivity index (χ4v) is 1.92. The zero-order valence-corrected chi connectivity index (χ0v) is 9.95. The molecule has 1 fully saturated rings. The molecule has 0 aromatic carbocycles. The number of hydrogen-bond donors (Lipinski definition) is 1. The van der Waals surface area contributed by atoms with Gasteiger partial charge in [0.05, 0.1) is 12.6 Å². The Bertz CT molecular complexity index is 207. The molecule has 0 aromatic heterocycles. The highest BCUT2D eigenvalue weighted by atomic mass is 16.5. The Labute approximate surface area is 92.0 Å². The second kappa shape index (κ2) is 6.08. The van der Waals surface area contributed by atoms with Crippen molar-refractivity contribution in [2.24, 2.45) is 0 Å². The summed E-state index contributed by atoms with van der Waals surface area (Å²) in [6.07, 6.45) is 2.34. The van der Waals surface area contributed by atoms with E-state index in [0.29, 0.717) is 12.6 Å². The van der Waals surface area contributed by atoms with Crippen molar-refractivity contribution in [2.45, 2.75) is 38.8 Å². The molecule has 1 rings (SSSR count). The molecule has 1 heterocycles. The van der Waals surface area contributed by atoms with Crippen molar-refractivity contribution in [2.75, 3.05) is 26.7 Å². The van der Waals surface area contributed by atoms with E-state index in [1.807, 2.05) is 20.9 Å². The molecule has 1 aliphatic rings. The normalized spacial score (nSPS) is 23.1. The highest BCUT2D eigenvalue weighted by Gasteiger charge is 2.20. The predicted molar refractivity (Wildman–Crippen MR) is 59.7 cm³/mol. The Balaban J connectivity index is 2.28. The van der Waals surface area contributed by atoms with E-state index < -0.39 is 0 Å². The van der Waals surface area contributed by atoms with Crippen LogP contribution in [0, 0.1) is 0 Å². The first kappa shape index (κ1) is 12.5. The molecule has 1 aliphatic heterocycles. The lowest BCUT2D eigenvalue weighted by Gasteiger charge is -2.31. The maximum atomic E-state index is 11.4. The molecule has 1 saturated heterocycles. The summed E-state index contributed by atoms with van der Waals surface area (Å²) < 4.78 is 5.12. The molecule has 0 radical (unpaired) electrons. The number of nitrogens with one attached hydrogen (secondary N) is 1. The Morgan fingerprint density at radius 2 is 2.33 bits per heavy atom. The summed E-state index contributed by atoms with van der Waals surface area (Å²) in [4.78, 5) is 13.6. The molecule has 0 aliphatic carbocycles. The van der Waals surface area contributed by atoms with Gasteiger partial charge in [0.15, 0.2) is 0 Å². The van der Waals surface area contributed by atoms with Gasteiger partial charge in [0.25, 0.3) is 0 Å². The van der Waals surface area contributed by atoms with Gasteiger partial charge in [-0.05, 0) is 40.3 Å². The smallest absolute Gasteiger partial charge is 0.320 e. The second-order valence-corrected chi connectivity index (χ2v) is 4.40. The van der Waals surface area contributed by atoms with Gasteiger partial charge >= 0.3 is 5.97 Å². The van der Waals surface area contributed by atoms with Crippen molar-refractivity contribution in [1.29, 1.82) is 0 Å². The quantitative estimate of drug-likeness (QED) is 0.697. The maximum Gasteiger partial charge on any atom is 0.320 e. The third-order valence-corrected chi connectivity index (χ3v) is 2.63. The summed E-state index contributed by atoms with van der Waals surface area (Å²) in [6, 6.07) is 0.519. The van der Waals surface area contributed by atoms with Crippen LogP contribution < -0.4 is 5.32 Å². The molecule has 1 N–H and O–H groups in total. The SMILES string of the molecule is CNC1CCCN(CC(=O)OC(C)C)C1. The van der Waals surface area contributed by atoms with Gasteiger partial charge in [-0.15, -0.1) is 0 Å². The number of piperidine rings is 1. The Kier molecular flexibility index (Phi) is 5.05. The monoisotopic (exact) mass is 214 g/mol. The number of likely N-dealkylation sites (tertiary alicyclic amines) is 1. The van der Waals surface area contributed by atoms with Gasteiger partial charge in [0, 0.05) is 12.6 Å². The van der Waals surface area contributed by atoms with E-state index in [-0.39, 0.29) is 12.1 Å². The number of ether oxygens (including phenoxy) is 1. The second-order valence-electron chi connectivity index (χ2n) is 4.40. The van der Waals surface area contributed by atoms with Gasteiger partial charge < -0.3 is 10.1 Å². The van der Waals surface area contributed by atoms with Crippen molar-refractivity contribution in [3.8, 4) is 0 Å². The highest BCUT2D eigenvalue weighted by Crippen LogP contribution is 2.09. The largest absolute Gasteiger partial charge is 0.462 e. The third-order valence-electron chi connectivity index (χ3n) is 2.63. The van der Waals surface area contributed by atoms with Crippen LogP contribution in [0.1, 0.15) is 26.7 Å². The molecule has 0 spiro atoms. The van der Waals surface area contributed by atoms with E-state index >= 15 is 0 Å². The lowest BCUT2D eigenvalue weighted by atomic mass is 10.1. The van der Waals surface area contributed by atoms with Gasteiger partial charge in [0.1, 0.15) is 0 Å². The summed E-state index contributed by atoms with van der Waals surface area (Å²) in [6.45, 7) is 6.14. The first-order chi connectivity index (χ1) is 7.11. The zero-order chi connectivity index (χ0) is 11.3. The molecule has 1 unspecified atom stereocenters. The van der Waals surface area contributed by atoms with Crippen LogP contribution in [0.5, 0.6) is 0 Å².